The first-order chi connectivity index (χ1) is 10.5. The third-order valence-electron chi connectivity index (χ3n) is 3.10. The molecule has 0 bridgehead atoms. The highest BCUT2D eigenvalue weighted by Crippen LogP contribution is 2.26. The summed E-state index contributed by atoms with van der Waals surface area (Å²) in [7, 11) is 0. The summed E-state index contributed by atoms with van der Waals surface area (Å²) in [6, 6.07) is 10.7. The number of hydrogen-bond acceptors (Lipinski definition) is 5. The molecule has 1 aromatic heterocycles. The predicted octanol–water partition coefficient (Wildman–Crippen LogP) is 3.68. The maximum Gasteiger partial charge on any atom is 0.222 e. The summed E-state index contributed by atoms with van der Waals surface area (Å²) in [4.78, 5) is 8.06. The Labute approximate surface area is 136 Å². The molecule has 5 nitrogen and oxygen atoms in total. The van der Waals surface area contributed by atoms with Crippen LogP contribution < -0.4 is 16.2 Å². The molecular weight excluding hydrogens is 323 g/mol. The highest BCUT2D eigenvalue weighted by molar-refractivity contribution is 6.42. The van der Waals surface area contributed by atoms with Crippen LogP contribution in [0, 0.1) is 0 Å². The Morgan fingerprint density at radius 1 is 0.955 bits per heavy atom. The molecule has 0 radical (unpaired) electrons. The molecule has 0 fully saturated rings. The van der Waals surface area contributed by atoms with E-state index in [0.29, 0.717) is 39.1 Å². The van der Waals surface area contributed by atoms with Gasteiger partial charge in [0.15, 0.2) is 0 Å². The first-order valence-corrected chi connectivity index (χ1v) is 7.18. The van der Waals surface area contributed by atoms with Gasteiger partial charge >= 0.3 is 0 Å². The topological polar surface area (TPSA) is 87.0 Å². The maximum atomic E-state index is 5.98. The van der Waals surface area contributed by atoms with Gasteiger partial charge in [-0.2, -0.15) is 4.98 Å². The van der Waals surface area contributed by atoms with Crippen LogP contribution in [0.15, 0.2) is 36.4 Å². The van der Waals surface area contributed by atoms with Gasteiger partial charge in [-0.1, -0.05) is 29.3 Å². The Kier molecular flexibility index (Phi) is 3.92. The number of fused-ring (bicyclic) bond motifs is 1. The summed E-state index contributed by atoms with van der Waals surface area (Å²) >= 11 is 11.9. The van der Waals surface area contributed by atoms with E-state index in [1.54, 1.807) is 30.3 Å². The van der Waals surface area contributed by atoms with Gasteiger partial charge in [0.05, 0.1) is 15.6 Å². The largest absolute Gasteiger partial charge is 0.489 e. The average Bonchev–Trinajstić information content (AvgIpc) is 2.48. The predicted molar refractivity (Wildman–Crippen MR) is 89.2 cm³/mol. The van der Waals surface area contributed by atoms with Crippen LogP contribution in [0.4, 0.5) is 11.8 Å². The quantitative estimate of drug-likeness (QED) is 0.762. The molecule has 0 aliphatic heterocycles. The smallest absolute Gasteiger partial charge is 0.222 e. The van der Waals surface area contributed by atoms with E-state index in [1.165, 1.54) is 0 Å². The number of ether oxygens (including phenoxy) is 1. The third kappa shape index (κ3) is 3.00. The van der Waals surface area contributed by atoms with Crippen LogP contribution in [-0.4, -0.2) is 9.97 Å². The van der Waals surface area contributed by atoms with E-state index in [1.807, 2.05) is 6.07 Å². The number of anilines is 2. The fourth-order valence-corrected chi connectivity index (χ4v) is 2.36. The molecule has 0 atom stereocenters. The van der Waals surface area contributed by atoms with Crippen molar-refractivity contribution in [3.63, 3.8) is 0 Å². The van der Waals surface area contributed by atoms with Gasteiger partial charge in [-0.15, -0.1) is 0 Å². The summed E-state index contributed by atoms with van der Waals surface area (Å²) in [6.45, 7) is 0.359. The molecule has 4 N–H and O–H groups in total. The van der Waals surface area contributed by atoms with Crippen molar-refractivity contribution in [3.8, 4) is 5.75 Å². The number of hydrogen-bond donors (Lipinski definition) is 2. The molecule has 2 aromatic carbocycles. The molecule has 112 valence electrons. The summed E-state index contributed by atoms with van der Waals surface area (Å²) in [6.07, 6.45) is 0. The Morgan fingerprint density at radius 2 is 1.77 bits per heavy atom. The molecule has 3 aromatic rings. The minimum Gasteiger partial charge on any atom is -0.489 e. The minimum atomic E-state index is 0.148. The minimum absolute atomic E-state index is 0.148. The Balaban J connectivity index is 1.83. The fraction of sp³-hybridized carbons (Fsp3) is 0.0667. The molecular formula is C15H12Cl2N4O. The van der Waals surface area contributed by atoms with Crippen molar-refractivity contribution >= 4 is 45.9 Å². The number of benzene rings is 2. The van der Waals surface area contributed by atoms with Crippen LogP contribution in [-0.2, 0) is 6.61 Å². The highest BCUT2D eigenvalue weighted by Gasteiger charge is 2.06. The van der Waals surface area contributed by atoms with E-state index < -0.39 is 0 Å². The van der Waals surface area contributed by atoms with Crippen LogP contribution in [0.3, 0.4) is 0 Å². The summed E-state index contributed by atoms with van der Waals surface area (Å²) < 4.78 is 5.74. The zero-order valence-corrected chi connectivity index (χ0v) is 12.9. The lowest BCUT2D eigenvalue weighted by atomic mass is 10.2. The monoisotopic (exact) mass is 334 g/mol. The van der Waals surface area contributed by atoms with Crippen molar-refractivity contribution in [3.05, 3.63) is 52.0 Å². The second-order valence-corrected chi connectivity index (χ2v) is 5.50. The average molecular weight is 335 g/mol. The lowest BCUT2D eigenvalue weighted by Crippen LogP contribution is -2.01. The first-order valence-electron chi connectivity index (χ1n) is 6.42. The van der Waals surface area contributed by atoms with E-state index >= 15 is 0 Å². The summed E-state index contributed by atoms with van der Waals surface area (Å²) in [5, 5.41) is 1.70. The van der Waals surface area contributed by atoms with Gasteiger partial charge in [-0.3, -0.25) is 0 Å². The molecule has 7 heteroatoms. The Hall–Kier alpha value is -2.24. The van der Waals surface area contributed by atoms with Crippen molar-refractivity contribution in [2.75, 3.05) is 11.5 Å². The van der Waals surface area contributed by atoms with E-state index in [2.05, 4.69) is 9.97 Å². The lowest BCUT2D eigenvalue weighted by Gasteiger charge is -2.09. The molecule has 0 unspecified atom stereocenters. The molecule has 3 rings (SSSR count). The molecule has 0 saturated carbocycles. The number of aromatic nitrogens is 2. The maximum absolute atomic E-state index is 5.98. The third-order valence-corrected chi connectivity index (χ3v) is 3.84. The normalized spacial score (nSPS) is 10.8. The van der Waals surface area contributed by atoms with Crippen LogP contribution in [0.1, 0.15) is 5.56 Å². The van der Waals surface area contributed by atoms with E-state index in [4.69, 9.17) is 39.4 Å². The molecule has 1 heterocycles. The van der Waals surface area contributed by atoms with Crippen molar-refractivity contribution in [1.82, 2.24) is 9.97 Å². The van der Waals surface area contributed by atoms with Crippen LogP contribution >= 0.6 is 23.2 Å². The standard InChI is InChI=1S/C15H12Cl2N4O/c16-11-3-1-8(5-12(11)17)7-22-9-2-4-13-10(6-9)14(18)21-15(19)20-13/h1-6H,7H2,(H4,18,19,20,21). The van der Waals surface area contributed by atoms with Crippen molar-refractivity contribution in [1.29, 1.82) is 0 Å². The molecule has 0 aliphatic rings. The number of nitrogens with zero attached hydrogens (tertiary/aromatic N) is 2. The molecule has 22 heavy (non-hydrogen) atoms. The molecule has 0 saturated heterocycles. The van der Waals surface area contributed by atoms with Gasteiger partial charge in [-0.05, 0) is 35.9 Å². The SMILES string of the molecule is Nc1nc(N)c2cc(OCc3ccc(Cl)c(Cl)c3)ccc2n1. The summed E-state index contributed by atoms with van der Waals surface area (Å²) in [5.74, 6) is 1.12. The molecule has 0 spiro atoms. The molecule has 0 aliphatic carbocycles. The van der Waals surface area contributed by atoms with Crippen LogP contribution in [0.5, 0.6) is 5.75 Å². The van der Waals surface area contributed by atoms with Crippen LogP contribution in [0.25, 0.3) is 10.9 Å². The zero-order valence-electron chi connectivity index (χ0n) is 11.4. The van der Waals surface area contributed by atoms with Gasteiger partial charge in [0, 0.05) is 5.39 Å². The number of nitrogen functional groups attached to an aromatic ring is 2. The molecule has 0 amide bonds. The second-order valence-electron chi connectivity index (χ2n) is 4.68. The van der Waals surface area contributed by atoms with Gasteiger partial charge in [0.25, 0.3) is 0 Å². The second kappa shape index (κ2) is 5.87. The number of rotatable bonds is 3. The Morgan fingerprint density at radius 3 is 2.55 bits per heavy atom. The Bertz CT molecular complexity index is 854. The van der Waals surface area contributed by atoms with E-state index in [0.717, 1.165) is 5.56 Å². The highest BCUT2D eigenvalue weighted by atomic mass is 35.5. The van der Waals surface area contributed by atoms with Crippen molar-refractivity contribution < 1.29 is 4.74 Å². The van der Waals surface area contributed by atoms with Gasteiger partial charge in [0.1, 0.15) is 18.2 Å². The van der Waals surface area contributed by atoms with Crippen molar-refractivity contribution in [2.24, 2.45) is 0 Å². The van der Waals surface area contributed by atoms with Gasteiger partial charge < -0.3 is 16.2 Å². The van der Waals surface area contributed by atoms with Gasteiger partial charge in [0.2, 0.25) is 5.95 Å². The summed E-state index contributed by atoms with van der Waals surface area (Å²) in [5.41, 5.74) is 13.0. The van der Waals surface area contributed by atoms with Gasteiger partial charge in [-0.25, -0.2) is 4.98 Å². The number of nitrogens with two attached hydrogens (primary N) is 2. The van der Waals surface area contributed by atoms with Crippen LogP contribution in [0.2, 0.25) is 10.0 Å². The first kappa shape index (κ1) is 14.7. The lowest BCUT2D eigenvalue weighted by molar-refractivity contribution is 0.306. The fourth-order valence-electron chi connectivity index (χ4n) is 2.04. The van der Waals surface area contributed by atoms with E-state index in [9.17, 15) is 0 Å². The van der Waals surface area contributed by atoms with E-state index in [-0.39, 0.29) is 5.95 Å². The number of halogens is 2. The zero-order chi connectivity index (χ0) is 15.7. The van der Waals surface area contributed by atoms with Crippen molar-refractivity contribution in [2.45, 2.75) is 6.61 Å².